The van der Waals surface area contributed by atoms with Crippen LogP contribution in [0.5, 0.6) is 5.75 Å². The van der Waals surface area contributed by atoms with Gasteiger partial charge in [-0.1, -0.05) is 12.1 Å². The van der Waals surface area contributed by atoms with Gasteiger partial charge in [-0.05, 0) is 31.5 Å². The van der Waals surface area contributed by atoms with E-state index in [-0.39, 0.29) is 0 Å². The highest BCUT2D eigenvalue weighted by Crippen LogP contribution is 2.26. The second kappa shape index (κ2) is 5.12. The normalized spacial score (nSPS) is 10.7. The molecule has 0 bridgehead atoms. The number of carbonyl (C=O) groups is 1. The molecule has 0 saturated carbocycles. The number of benzene rings is 1. The summed E-state index contributed by atoms with van der Waals surface area (Å²) < 4.78 is 9.76. The first kappa shape index (κ1) is 12.7. The van der Waals surface area contributed by atoms with Crippen molar-refractivity contribution in [2.24, 2.45) is 0 Å². The van der Waals surface area contributed by atoms with Gasteiger partial charge in [0.05, 0.1) is 0 Å². The molecule has 0 aliphatic rings. The van der Waals surface area contributed by atoms with Crippen molar-refractivity contribution in [3.8, 4) is 5.75 Å². The van der Waals surface area contributed by atoms with Gasteiger partial charge in [0.15, 0.2) is 0 Å². The van der Waals surface area contributed by atoms with E-state index in [9.17, 15) is 4.79 Å². The van der Waals surface area contributed by atoms with Crippen LogP contribution >= 0.6 is 11.9 Å². The van der Waals surface area contributed by atoms with Gasteiger partial charge in [0, 0.05) is 0 Å². The summed E-state index contributed by atoms with van der Waals surface area (Å²) in [5, 5.41) is 2.41. The molecule has 6 heteroatoms. The van der Waals surface area contributed by atoms with Crippen molar-refractivity contribution in [3.05, 3.63) is 29.8 Å². The molecule has 0 heterocycles. The van der Waals surface area contributed by atoms with Crippen molar-refractivity contribution in [3.63, 3.8) is 0 Å². The maximum atomic E-state index is 11.1. The number of rotatable bonds is 3. The van der Waals surface area contributed by atoms with E-state index in [1.807, 2.05) is 0 Å². The molecule has 1 N–H and O–H groups in total. The zero-order valence-electron chi connectivity index (χ0n) is 9.41. The van der Waals surface area contributed by atoms with Crippen LogP contribution in [0.2, 0.25) is 0 Å². The van der Waals surface area contributed by atoms with Crippen LogP contribution in [0.4, 0.5) is 4.79 Å². The summed E-state index contributed by atoms with van der Waals surface area (Å²) in [4.78, 5) is 11.1. The van der Waals surface area contributed by atoms with E-state index in [0.717, 1.165) is 5.56 Å². The Morgan fingerprint density at radius 3 is 2.38 bits per heavy atom. The van der Waals surface area contributed by atoms with E-state index in [0.29, 0.717) is 5.75 Å². The standard InChI is InChI=1S/C10H13BClNO3/c1-10(2,15-9(14)13-11)7-3-5-8(16-12)6-4-7/h3-6H,11H2,1-2H3,(H,13,14). The van der Waals surface area contributed by atoms with Crippen LogP contribution in [-0.4, -0.2) is 14.1 Å². The molecule has 0 fully saturated rings. The predicted molar refractivity (Wildman–Crippen MR) is 64.1 cm³/mol. The molecule has 0 aromatic heterocycles. The fraction of sp³-hybridized carbons (Fsp3) is 0.300. The quantitative estimate of drug-likeness (QED) is 0.820. The first-order valence-electron chi connectivity index (χ1n) is 4.79. The number of carbonyl (C=O) groups excluding carboxylic acids is 1. The molecule has 0 atom stereocenters. The van der Waals surface area contributed by atoms with E-state index in [4.69, 9.17) is 16.6 Å². The summed E-state index contributed by atoms with van der Waals surface area (Å²) in [6.07, 6.45) is -0.470. The van der Waals surface area contributed by atoms with E-state index in [1.54, 1.807) is 38.1 Å². The highest BCUT2D eigenvalue weighted by molar-refractivity contribution is 6.12. The maximum Gasteiger partial charge on any atom is 0.395 e. The molecule has 86 valence electrons. The maximum absolute atomic E-state index is 11.1. The first-order valence-corrected chi connectivity index (χ1v) is 5.10. The molecule has 0 saturated heterocycles. The number of nitrogens with one attached hydrogen (secondary N) is 1. The molecular formula is C10H13BClNO3. The fourth-order valence-electron chi connectivity index (χ4n) is 1.25. The molecule has 16 heavy (non-hydrogen) atoms. The van der Waals surface area contributed by atoms with Crippen LogP contribution in [0.25, 0.3) is 0 Å². The zero-order valence-corrected chi connectivity index (χ0v) is 10.2. The predicted octanol–water partition coefficient (Wildman–Crippen LogP) is 1.73. The molecule has 0 aliphatic carbocycles. The second-order valence-corrected chi connectivity index (χ2v) is 3.91. The van der Waals surface area contributed by atoms with Crippen molar-refractivity contribution >= 4 is 25.9 Å². The Bertz CT molecular complexity index is 367. The van der Waals surface area contributed by atoms with Gasteiger partial charge in [-0.15, -0.1) is 0 Å². The first-order chi connectivity index (χ1) is 7.49. The fourth-order valence-corrected chi connectivity index (χ4v) is 1.35. The molecule has 0 aliphatic heterocycles. The Morgan fingerprint density at radius 2 is 1.94 bits per heavy atom. The van der Waals surface area contributed by atoms with Gasteiger partial charge in [-0.25, -0.2) is 4.79 Å². The van der Waals surface area contributed by atoms with E-state index in [1.165, 1.54) is 7.98 Å². The molecule has 0 radical (unpaired) electrons. The van der Waals surface area contributed by atoms with Crippen LogP contribution in [0.1, 0.15) is 19.4 Å². The van der Waals surface area contributed by atoms with Crippen LogP contribution in [-0.2, 0) is 10.3 Å². The third-order valence-electron chi connectivity index (χ3n) is 2.19. The second-order valence-electron chi connectivity index (χ2n) is 3.75. The minimum absolute atomic E-state index is 0.470. The summed E-state index contributed by atoms with van der Waals surface area (Å²) in [5.74, 6) is 0.543. The van der Waals surface area contributed by atoms with Gasteiger partial charge in [0.2, 0.25) is 7.98 Å². The molecule has 4 nitrogen and oxygen atoms in total. The lowest BCUT2D eigenvalue weighted by molar-refractivity contribution is 0.0404. The van der Waals surface area contributed by atoms with Crippen molar-refractivity contribution in [1.29, 1.82) is 0 Å². The minimum atomic E-state index is -0.703. The Labute approximate surface area is 100 Å². The van der Waals surface area contributed by atoms with Crippen LogP contribution in [0.15, 0.2) is 24.3 Å². The highest BCUT2D eigenvalue weighted by Gasteiger charge is 2.24. The zero-order chi connectivity index (χ0) is 12.2. The van der Waals surface area contributed by atoms with Gasteiger partial charge in [-0.3, -0.25) is 0 Å². The monoisotopic (exact) mass is 241 g/mol. The number of halogens is 1. The minimum Gasteiger partial charge on any atom is -0.439 e. The van der Waals surface area contributed by atoms with Gasteiger partial charge < -0.3 is 14.3 Å². The van der Waals surface area contributed by atoms with Crippen molar-refractivity contribution < 1.29 is 13.8 Å². The Hall–Kier alpha value is -1.36. The van der Waals surface area contributed by atoms with E-state index >= 15 is 0 Å². The van der Waals surface area contributed by atoms with E-state index in [2.05, 4.69) is 9.52 Å². The number of ether oxygens (including phenoxy) is 1. The molecule has 1 aromatic carbocycles. The van der Waals surface area contributed by atoms with Crippen LogP contribution < -0.4 is 9.52 Å². The largest absolute Gasteiger partial charge is 0.439 e. The third kappa shape index (κ3) is 3.07. The third-order valence-corrected chi connectivity index (χ3v) is 2.37. The molecule has 0 unspecified atom stereocenters. The summed E-state index contributed by atoms with van der Waals surface area (Å²) in [6.45, 7) is 3.61. The Kier molecular flexibility index (Phi) is 4.07. The van der Waals surface area contributed by atoms with Crippen molar-refractivity contribution in [2.45, 2.75) is 19.4 Å². The van der Waals surface area contributed by atoms with Gasteiger partial charge >= 0.3 is 6.09 Å². The SMILES string of the molecule is BNC(=O)OC(C)(C)c1ccc(OCl)cc1. The number of hydrogen-bond donors (Lipinski definition) is 1. The summed E-state index contributed by atoms with van der Waals surface area (Å²) >= 11 is 5.20. The lowest BCUT2D eigenvalue weighted by Gasteiger charge is -2.25. The average Bonchev–Trinajstić information content (AvgIpc) is 2.28. The van der Waals surface area contributed by atoms with Gasteiger partial charge in [0.25, 0.3) is 0 Å². The van der Waals surface area contributed by atoms with Crippen molar-refractivity contribution in [1.82, 2.24) is 5.23 Å². The molecule has 1 aromatic rings. The van der Waals surface area contributed by atoms with Crippen LogP contribution in [0, 0.1) is 0 Å². The topological polar surface area (TPSA) is 47.6 Å². The van der Waals surface area contributed by atoms with Crippen LogP contribution in [0.3, 0.4) is 0 Å². The number of amides is 1. The summed E-state index contributed by atoms with van der Waals surface area (Å²) in [7, 11) is 1.52. The average molecular weight is 241 g/mol. The lowest BCUT2D eigenvalue weighted by Crippen LogP contribution is -2.31. The molecule has 1 amide bonds. The smallest absolute Gasteiger partial charge is 0.395 e. The van der Waals surface area contributed by atoms with Gasteiger partial charge in [0.1, 0.15) is 23.2 Å². The highest BCUT2D eigenvalue weighted by atomic mass is 35.5. The van der Waals surface area contributed by atoms with E-state index < -0.39 is 11.7 Å². The molecule has 1 rings (SSSR count). The summed E-state index contributed by atoms with van der Waals surface area (Å²) in [5.41, 5.74) is 0.152. The molecular weight excluding hydrogens is 228 g/mol. The Morgan fingerprint density at radius 1 is 1.38 bits per heavy atom. The van der Waals surface area contributed by atoms with Gasteiger partial charge in [-0.2, -0.15) is 0 Å². The molecule has 0 spiro atoms. The Balaban J connectivity index is 2.84. The lowest BCUT2D eigenvalue weighted by atomic mass is 9.98. The summed E-state index contributed by atoms with van der Waals surface area (Å²) in [6, 6.07) is 7.00. The number of hydrogen-bond acceptors (Lipinski definition) is 3. The van der Waals surface area contributed by atoms with Crippen molar-refractivity contribution in [2.75, 3.05) is 0 Å².